The molecule has 1 aliphatic rings. The Hall–Kier alpha value is -2.28. The standard InChI is InChI=1S/C15H21N3O4/c1-16-15(20)12-4-3-11(18-7-5-17-6-8-18)9-13(12)22-10-14(19)21-2/h3-4,9,17H,5-8,10H2,1-2H3,(H,16,20). The molecule has 1 fully saturated rings. The van der Waals surface area contributed by atoms with Crippen LogP contribution in [0.15, 0.2) is 18.2 Å². The number of piperazine rings is 1. The second-order valence-corrected chi connectivity index (χ2v) is 4.86. The number of carbonyl (C=O) groups is 2. The van der Waals surface area contributed by atoms with E-state index in [4.69, 9.17) is 4.74 Å². The molecule has 1 aliphatic heterocycles. The van der Waals surface area contributed by atoms with Gasteiger partial charge in [0, 0.05) is 45.0 Å². The van der Waals surface area contributed by atoms with Gasteiger partial charge >= 0.3 is 5.97 Å². The van der Waals surface area contributed by atoms with E-state index < -0.39 is 5.97 Å². The lowest BCUT2D eigenvalue weighted by atomic mass is 10.1. The summed E-state index contributed by atoms with van der Waals surface area (Å²) < 4.78 is 10.0. The topological polar surface area (TPSA) is 79.9 Å². The predicted octanol–water partition coefficient (Wildman–Crippen LogP) is 0.00760. The molecule has 2 N–H and O–H groups in total. The zero-order chi connectivity index (χ0) is 15.9. The molecule has 1 aromatic carbocycles. The first-order chi connectivity index (χ1) is 10.7. The van der Waals surface area contributed by atoms with E-state index in [1.165, 1.54) is 7.11 Å². The normalized spacial score (nSPS) is 14.4. The molecular formula is C15H21N3O4. The molecule has 1 amide bonds. The van der Waals surface area contributed by atoms with Gasteiger partial charge in [-0.05, 0) is 12.1 Å². The number of carbonyl (C=O) groups excluding carboxylic acids is 2. The second kappa shape index (κ2) is 7.65. The number of hydrogen-bond acceptors (Lipinski definition) is 6. The van der Waals surface area contributed by atoms with Crippen LogP contribution in [0, 0.1) is 0 Å². The molecule has 22 heavy (non-hydrogen) atoms. The number of rotatable bonds is 5. The Bertz CT molecular complexity index is 542. The van der Waals surface area contributed by atoms with Gasteiger partial charge in [0.05, 0.1) is 12.7 Å². The van der Waals surface area contributed by atoms with Crippen molar-refractivity contribution in [1.29, 1.82) is 0 Å². The number of hydrogen-bond donors (Lipinski definition) is 2. The summed E-state index contributed by atoms with van der Waals surface area (Å²) in [5.41, 5.74) is 1.36. The Balaban J connectivity index is 2.23. The summed E-state index contributed by atoms with van der Waals surface area (Å²) in [7, 11) is 2.85. The summed E-state index contributed by atoms with van der Waals surface area (Å²) in [5, 5.41) is 5.85. The van der Waals surface area contributed by atoms with Crippen LogP contribution in [0.5, 0.6) is 5.75 Å². The Labute approximate surface area is 129 Å². The highest BCUT2D eigenvalue weighted by molar-refractivity contribution is 5.97. The monoisotopic (exact) mass is 307 g/mol. The maximum Gasteiger partial charge on any atom is 0.343 e. The third-order valence-electron chi connectivity index (χ3n) is 3.49. The SMILES string of the molecule is CNC(=O)c1ccc(N2CCNCC2)cc1OCC(=O)OC. The molecule has 1 aromatic rings. The van der Waals surface area contributed by atoms with Gasteiger partial charge in [0.2, 0.25) is 0 Å². The predicted molar refractivity (Wildman–Crippen MR) is 82.4 cm³/mol. The van der Waals surface area contributed by atoms with Gasteiger partial charge in [0.1, 0.15) is 5.75 Å². The molecule has 0 spiro atoms. The summed E-state index contributed by atoms with van der Waals surface area (Å²) in [6, 6.07) is 5.39. The summed E-state index contributed by atoms with van der Waals surface area (Å²) in [6.45, 7) is 3.36. The van der Waals surface area contributed by atoms with E-state index in [9.17, 15) is 9.59 Å². The molecular weight excluding hydrogens is 286 g/mol. The summed E-state index contributed by atoms with van der Waals surface area (Å²) in [4.78, 5) is 25.4. The summed E-state index contributed by atoms with van der Waals surface area (Å²) in [6.07, 6.45) is 0. The van der Waals surface area contributed by atoms with Crippen LogP contribution < -0.4 is 20.3 Å². The van der Waals surface area contributed by atoms with E-state index in [2.05, 4.69) is 20.3 Å². The molecule has 0 radical (unpaired) electrons. The molecule has 1 heterocycles. The minimum atomic E-state index is -0.490. The van der Waals surface area contributed by atoms with Crippen LogP contribution >= 0.6 is 0 Å². The minimum Gasteiger partial charge on any atom is -0.481 e. The molecule has 2 rings (SSSR count). The van der Waals surface area contributed by atoms with Crippen molar-refractivity contribution in [2.24, 2.45) is 0 Å². The Kier molecular flexibility index (Phi) is 5.60. The Morgan fingerprint density at radius 2 is 2.05 bits per heavy atom. The maximum absolute atomic E-state index is 11.9. The summed E-state index contributed by atoms with van der Waals surface area (Å²) >= 11 is 0. The van der Waals surface area contributed by atoms with Crippen LogP contribution in [0.1, 0.15) is 10.4 Å². The lowest BCUT2D eigenvalue weighted by molar-refractivity contribution is -0.142. The van der Waals surface area contributed by atoms with Crippen molar-refractivity contribution in [2.45, 2.75) is 0 Å². The second-order valence-electron chi connectivity index (χ2n) is 4.86. The van der Waals surface area contributed by atoms with Gasteiger partial charge in [-0.15, -0.1) is 0 Å². The zero-order valence-electron chi connectivity index (χ0n) is 12.8. The first-order valence-electron chi connectivity index (χ1n) is 7.17. The number of amides is 1. The molecule has 0 unspecified atom stereocenters. The molecule has 7 nitrogen and oxygen atoms in total. The van der Waals surface area contributed by atoms with Gasteiger partial charge < -0.3 is 25.0 Å². The smallest absolute Gasteiger partial charge is 0.343 e. The van der Waals surface area contributed by atoms with Crippen molar-refractivity contribution < 1.29 is 19.1 Å². The number of esters is 1. The quantitative estimate of drug-likeness (QED) is 0.746. The largest absolute Gasteiger partial charge is 0.481 e. The molecule has 0 aromatic heterocycles. The van der Waals surface area contributed by atoms with Gasteiger partial charge in [-0.3, -0.25) is 4.79 Å². The Morgan fingerprint density at radius 3 is 2.68 bits per heavy atom. The lowest BCUT2D eigenvalue weighted by Gasteiger charge is -2.30. The number of anilines is 1. The van der Waals surface area contributed by atoms with Crippen molar-refractivity contribution in [3.8, 4) is 5.75 Å². The number of nitrogens with one attached hydrogen (secondary N) is 2. The average molecular weight is 307 g/mol. The highest BCUT2D eigenvalue weighted by Crippen LogP contribution is 2.26. The number of benzene rings is 1. The van der Waals surface area contributed by atoms with Crippen LogP contribution in [-0.4, -0.2) is 58.8 Å². The van der Waals surface area contributed by atoms with Crippen LogP contribution in [0.4, 0.5) is 5.69 Å². The van der Waals surface area contributed by atoms with E-state index in [1.54, 1.807) is 19.2 Å². The fraction of sp³-hybridized carbons (Fsp3) is 0.467. The number of nitrogens with zero attached hydrogens (tertiary/aromatic N) is 1. The van der Waals surface area contributed by atoms with Gasteiger partial charge in [0.25, 0.3) is 5.91 Å². The first-order valence-corrected chi connectivity index (χ1v) is 7.17. The van der Waals surface area contributed by atoms with E-state index in [-0.39, 0.29) is 12.5 Å². The molecule has 0 aliphatic carbocycles. The van der Waals surface area contributed by atoms with Crippen LogP contribution in [0.2, 0.25) is 0 Å². The maximum atomic E-state index is 11.9. The molecule has 7 heteroatoms. The fourth-order valence-corrected chi connectivity index (χ4v) is 2.27. The number of methoxy groups -OCH3 is 1. The van der Waals surface area contributed by atoms with E-state index in [0.717, 1.165) is 31.9 Å². The van der Waals surface area contributed by atoms with Crippen LogP contribution in [-0.2, 0) is 9.53 Å². The molecule has 0 atom stereocenters. The van der Waals surface area contributed by atoms with Gasteiger partial charge in [-0.2, -0.15) is 0 Å². The van der Waals surface area contributed by atoms with Crippen molar-refractivity contribution in [3.63, 3.8) is 0 Å². The van der Waals surface area contributed by atoms with Crippen LogP contribution in [0.3, 0.4) is 0 Å². The fourth-order valence-electron chi connectivity index (χ4n) is 2.27. The lowest BCUT2D eigenvalue weighted by Crippen LogP contribution is -2.43. The van der Waals surface area contributed by atoms with Gasteiger partial charge in [0.15, 0.2) is 6.61 Å². The highest BCUT2D eigenvalue weighted by Gasteiger charge is 2.17. The van der Waals surface area contributed by atoms with Crippen molar-refractivity contribution in [1.82, 2.24) is 10.6 Å². The zero-order valence-corrected chi connectivity index (χ0v) is 12.8. The molecule has 0 saturated carbocycles. The molecule has 0 bridgehead atoms. The van der Waals surface area contributed by atoms with E-state index in [0.29, 0.717) is 11.3 Å². The third kappa shape index (κ3) is 3.88. The van der Waals surface area contributed by atoms with Crippen molar-refractivity contribution >= 4 is 17.6 Å². The van der Waals surface area contributed by atoms with Gasteiger partial charge in [-0.1, -0.05) is 0 Å². The van der Waals surface area contributed by atoms with E-state index >= 15 is 0 Å². The van der Waals surface area contributed by atoms with Gasteiger partial charge in [-0.25, -0.2) is 4.79 Å². The highest BCUT2D eigenvalue weighted by atomic mass is 16.6. The van der Waals surface area contributed by atoms with E-state index in [1.807, 2.05) is 6.07 Å². The minimum absolute atomic E-state index is 0.231. The summed E-state index contributed by atoms with van der Waals surface area (Å²) in [5.74, 6) is -0.372. The Morgan fingerprint density at radius 1 is 1.32 bits per heavy atom. The first kappa shape index (κ1) is 16.1. The molecule has 120 valence electrons. The average Bonchev–Trinajstić information content (AvgIpc) is 2.59. The number of ether oxygens (including phenoxy) is 2. The van der Waals surface area contributed by atoms with Crippen molar-refractivity contribution in [2.75, 3.05) is 51.8 Å². The van der Waals surface area contributed by atoms with Crippen molar-refractivity contribution in [3.05, 3.63) is 23.8 Å². The molecule has 1 saturated heterocycles. The third-order valence-corrected chi connectivity index (χ3v) is 3.49. The van der Waals surface area contributed by atoms with Crippen LogP contribution in [0.25, 0.3) is 0 Å².